The van der Waals surface area contributed by atoms with Crippen LogP contribution < -0.4 is 0 Å². The molecule has 2 nitrogen and oxygen atoms in total. The van der Waals surface area contributed by atoms with Crippen LogP contribution in [0.1, 0.15) is 68.2 Å². The van der Waals surface area contributed by atoms with Crippen molar-refractivity contribution >= 4 is 17.5 Å². The van der Waals surface area contributed by atoms with Gasteiger partial charge in [0.05, 0.1) is 10.6 Å². The highest BCUT2D eigenvalue weighted by Gasteiger charge is 2.28. The van der Waals surface area contributed by atoms with E-state index in [1.807, 2.05) is 24.3 Å². The van der Waals surface area contributed by atoms with Crippen molar-refractivity contribution in [1.82, 2.24) is 0 Å². The molecule has 1 fully saturated rings. The summed E-state index contributed by atoms with van der Waals surface area (Å²) in [7, 11) is 0. The lowest BCUT2D eigenvalue weighted by Crippen LogP contribution is -2.20. The Labute approximate surface area is 161 Å². The first kappa shape index (κ1) is 17.6. The van der Waals surface area contributed by atoms with E-state index in [0.29, 0.717) is 28.9 Å². The fraction of sp³-hybridized carbons (Fsp3) is 0.435. The molecule has 0 spiro atoms. The summed E-state index contributed by atoms with van der Waals surface area (Å²) in [6.45, 7) is 5.36. The summed E-state index contributed by atoms with van der Waals surface area (Å²) in [4.78, 5) is 4.76. The average molecular weight is 368 g/mol. The number of rotatable bonds is 3. The Bertz CT molecular complexity index is 799. The van der Waals surface area contributed by atoms with Crippen molar-refractivity contribution in [3.05, 3.63) is 70.2 Å². The average Bonchev–Trinajstić information content (AvgIpc) is 3.12. The van der Waals surface area contributed by atoms with E-state index in [-0.39, 0.29) is 6.04 Å². The van der Waals surface area contributed by atoms with Gasteiger partial charge in [-0.05, 0) is 60.3 Å². The van der Waals surface area contributed by atoms with Crippen molar-refractivity contribution in [2.75, 3.05) is 6.61 Å². The molecule has 1 atom stereocenters. The highest BCUT2D eigenvalue weighted by molar-refractivity contribution is 6.33. The maximum absolute atomic E-state index is 6.26. The molecule has 0 saturated heterocycles. The Morgan fingerprint density at radius 2 is 1.62 bits per heavy atom. The van der Waals surface area contributed by atoms with Crippen molar-refractivity contribution in [3.8, 4) is 0 Å². The van der Waals surface area contributed by atoms with Crippen LogP contribution >= 0.6 is 11.6 Å². The third kappa shape index (κ3) is 3.66. The zero-order chi connectivity index (χ0) is 18.1. The summed E-state index contributed by atoms with van der Waals surface area (Å²) < 4.78 is 5.82. The Kier molecular flexibility index (Phi) is 4.79. The van der Waals surface area contributed by atoms with Gasteiger partial charge in [-0.3, -0.25) is 0 Å². The van der Waals surface area contributed by atoms with Gasteiger partial charge >= 0.3 is 0 Å². The fourth-order valence-corrected chi connectivity index (χ4v) is 4.27. The normalized spacial score (nSPS) is 22.7. The molecule has 1 heterocycles. The molecule has 0 amide bonds. The van der Waals surface area contributed by atoms with Gasteiger partial charge in [0.1, 0.15) is 12.6 Å². The molecule has 26 heavy (non-hydrogen) atoms. The molecule has 136 valence electrons. The van der Waals surface area contributed by atoms with Crippen LogP contribution in [0.15, 0.2) is 53.5 Å². The summed E-state index contributed by atoms with van der Waals surface area (Å²) in [5.74, 6) is 1.36. The fourth-order valence-electron chi connectivity index (χ4n) is 4.05. The molecule has 1 saturated carbocycles. The minimum absolute atomic E-state index is 0.0561. The van der Waals surface area contributed by atoms with Gasteiger partial charge in [0.15, 0.2) is 0 Å². The molecule has 0 bridgehead atoms. The number of benzene rings is 2. The molecule has 3 heteroatoms. The Hall–Kier alpha value is -1.80. The third-order valence-corrected chi connectivity index (χ3v) is 6.22. The topological polar surface area (TPSA) is 21.6 Å². The van der Waals surface area contributed by atoms with Gasteiger partial charge in [-0.2, -0.15) is 0 Å². The number of hydrogen-bond donors (Lipinski definition) is 0. The first-order chi connectivity index (χ1) is 12.5. The summed E-state index contributed by atoms with van der Waals surface area (Å²) in [6, 6.07) is 16.8. The highest BCUT2D eigenvalue weighted by atomic mass is 35.5. The molecule has 0 N–H and O–H groups in total. The molecular weight excluding hydrogens is 342 g/mol. The van der Waals surface area contributed by atoms with Gasteiger partial charge in [0.25, 0.3) is 0 Å². The quantitative estimate of drug-likeness (QED) is 0.603. The van der Waals surface area contributed by atoms with E-state index in [2.05, 4.69) is 38.1 Å². The van der Waals surface area contributed by atoms with Crippen LogP contribution in [0.2, 0.25) is 5.02 Å². The van der Waals surface area contributed by atoms with Crippen LogP contribution in [0.3, 0.4) is 0 Å². The van der Waals surface area contributed by atoms with Crippen LogP contribution in [0.5, 0.6) is 0 Å². The number of hydrogen-bond acceptors (Lipinski definition) is 2. The number of halogens is 1. The molecule has 2 aromatic carbocycles. The van der Waals surface area contributed by atoms with Crippen LogP contribution in [-0.2, 0) is 4.74 Å². The minimum atomic E-state index is 0.0561. The number of aliphatic imine (C=N–C) groups is 1. The largest absolute Gasteiger partial charge is 0.475 e. The van der Waals surface area contributed by atoms with E-state index in [1.165, 1.54) is 36.8 Å². The number of nitrogens with zero attached hydrogens (tertiary/aromatic N) is 1. The SMILES string of the molecule is CC1(C)CCC(c2ccc(C3COC(c4ccccc4Cl)=N3)cc2)CC1. The monoisotopic (exact) mass is 367 g/mol. The number of ether oxygens (including phenoxy) is 1. The second-order valence-electron chi connectivity index (χ2n) is 8.35. The second-order valence-corrected chi connectivity index (χ2v) is 8.75. The summed E-state index contributed by atoms with van der Waals surface area (Å²) in [5, 5.41) is 0.683. The molecule has 1 unspecified atom stereocenters. The van der Waals surface area contributed by atoms with Crippen molar-refractivity contribution in [2.45, 2.75) is 51.5 Å². The summed E-state index contributed by atoms with van der Waals surface area (Å²) in [6.07, 6.45) is 5.24. The van der Waals surface area contributed by atoms with Gasteiger partial charge in [-0.25, -0.2) is 4.99 Å². The first-order valence-electron chi connectivity index (χ1n) is 9.57. The standard InChI is InChI=1S/C23H26ClNO/c1-23(2)13-11-17(12-14-23)16-7-9-18(10-8-16)21-15-26-22(25-21)19-5-3-4-6-20(19)24/h3-10,17,21H,11-15H2,1-2H3. The molecule has 0 aromatic heterocycles. The Morgan fingerprint density at radius 3 is 2.31 bits per heavy atom. The van der Waals surface area contributed by atoms with Crippen molar-refractivity contribution in [3.63, 3.8) is 0 Å². The van der Waals surface area contributed by atoms with E-state index in [4.69, 9.17) is 21.3 Å². The zero-order valence-electron chi connectivity index (χ0n) is 15.5. The molecule has 2 aliphatic rings. The molecule has 4 rings (SSSR count). The van der Waals surface area contributed by atoms with Gasteiger partial charge in [0.2, 0.25) is 5.90 Å². The van der Waals surface area contributed by atoms with E-state index < -0.39 is 0 Å². The first-order valence-corrected chi connectivity index (χ1v) is 9.95. The summed E-state index contributed by atoms with van der Waals surface area (Å²) in [5.41, 5.74) is 4.07. The van der Waals surface area contributed by atoms with Gasteiger partial charge in [-0.15, -0.1) is 0 Å². The lowest BCUT2D eigenvalue weighted by atomic mass is 9.71. The smallest absolute Gasteiger partial charge is 0.218 e. The van der Waals surface area contributed by atoms with Crippen molar-refractivity contribution < 1.29 is 4.74 Å². The molecule has 1 aliphatic carbocycles. The van der Waals surface area contributed by atoms with Gasteiger partial charge in [-0.1, -0.05) is 61.8 Å². The molecular formula is C23H26ClNO. The minimum Gasteiger partial charge on any atom is -0.475 e. The van der Waals surface area contributed by atoms with E-state index >= 15 is 0 Å². The Balaban J connectivity index is 1.47. The van der Waals surface area contributed by atoms with Gasteiger partial charge < -0.3 is 4.74 Å². The zero-order valence-corrected chi connectivity index (χ0v) is 16.3. The van der Waals surface area contributed by atoms with E-state index in [1.54, 1.807) is 0 Å². The summed E-state index contributed by atoms with van der Waals surface area (Å²) >= 11 is 6.26. The van der Waals surface area contributed by atoms with Gasteiger partial charge in [0, 0.05) is 0 Å². The third-order valence-electron chi connectivity index (χ3n) is 5.89. The molecule has 0 radical (unpaired) electrons. The highest BCUT2D eigenvalue weighted by Crippen LogP contribution is 2.42. The van der Waals surface area contributed by atoms with Crippen molar-refractivity contribution in [1.29, 1.82) is 0 Å². The lowest BCUT2D eigenvalue weighted by Gasteiger charge is -2.34. The maximum Gasteiger partial charge on any atom is 0.218 e. The van der Waals surface area contributed by atoms with Crippen LogP contribution in [0.4, 0.5) is 0 Å². The predicted octanol–water partition coefficient (Wildman–Crippen LogP) is 6.54. The molecule has 1 aliphatic heterocycles. The van der Waals surface area contributed by atoms with Crippen molar-refractivity contribution in [2.24, 2.45) is 10.4 Å². The second kappa shape index (κ2) is 7.08. The maximum atomic E-state index is 6.26. The van der Waals surface area contributed by atoms with Crippen LogP contribution in [0.25, 0.3) is 0 Å². The molecule has 2 aromatic rings. The predicted molar refractivity (Wildman–Crippen MR) is 108 cm³/mol. The van der Waals surface area contributed by atoms with Crippen LogP contribution in [-0.4, -0.2) is 12.5 Å². The van der Waals surface area contributed by atoms with E-state index in [9.17, 15) is 0 Å². The van der Waals surface area contributed by atoms with Crippen LogP contribution in [0, 0.1) is 5.41 Å². The van der Waals surface area contributed by atoms with E-state index in [0.717, 1.165) is 5.56 Å². The lowest BCUT2D eigenvalue weighted by molar-refractivity contribution is 0.224. The Morgan fingerprint density at radius 1 is 0.962 bits per heavy atom.